The first-order valence-electron chi connectivity index (χ1n) is 10.2. The lowest BCUT2D eigenvalue weighted by Crippen LogP contribution is -2.60. The quantitative estimate of drug-likeness (QED) is 0.731. The van der Waals surface area contributed by atoms with Crippen LogP contribution in [0.2, 0.25) is 0 Å². The number of benzene rings is 2. The van der Waals surface area contributed by atoms with Gasteiger partial charge in [0.05, 0.1) is 0 Å². The molecule has 2 saturated heterocycles. The summed E-state index contributed by atoms with van der Waals surface area (Å²) < 4.78 is 0.956. The summed E-state index contributed by atoms with van der Waals surface area (Å²) >= 11 is 3.48. The number of fused-ring (bicyclic) bond motifs is 1. The van der Waals surface area contributed by atoms with Crippen LogP contribution in [0.25, 0.3) is 0 Å². The van der Waals surface area contributed by atoms with Crippen LogP contribution in [0.5, 0.6) is 0 Å². The number of hydrogen-bond donors (Lipinski definition) is 1. The molecule has 0 bridgehead atoms. The first kappa shape index (κ1) is 20.6. The minimum Gasteiger partial charge on any atom is -0.348 e. The summed E-state index contributed by atoms with van der Waals surface area (Å²) in [7, 11) is 0. The molecule has 0 spiro atoms. The van der Waals surface area contributed by atoms with E-state index in [0.29, 0.717) is 25.2 Å². The standard InChI is InChI=1S/C23H24BrN3O3/c24-19-6-2-1-5-18(19)13-25-22(29)17-10-8-16(9-11-17)14-26-15-21(28)27-12-4-3-7-20(27)23(26)30/h1-2,5-6,8-11,20H,3-4,7,12-15H2,(H,25,29)/t20-/m0/s1. The molecule has 2 fully saturated rings. The number of rotatable bonds is 5. The lowest BCUT2D eigenvalue weighted by Gasteiger charge is -2.42. The summed E-state index contributed by atoms with van der Waals surface area (Å²) in [6.45, 7) is 1.63. The number of piperazine rings is 1. The van der Waals surface area contributed by atoms with E-state index in [1.807, 2.05) is 36.4 Å². The van der Waals surface area contributed by atoms with Crippen molar-refractivity contribution < 1.29 is 14.4 Å². The Hall–Kier alpha value is -2.67. The van der Waals surface area contributed by atoms with Gasteiger partial charge in [-0.25, -0.2) is 0 Å². The zero-order valence-corrected chi connectivity index (χ0v) is 18.2. The maximum absolute atomic E-state index is 12.8. The minimum atomic E-state index is -0.303. The predicted octanol–water partition coefficient (Wildman–Crippen LogP) is 3.10. The van der Waals surface area contributed by atoms with Crippen LogP contribution in [-0.4, -0.2) is 46.7 Å². The Balaban J connectivity index is 1.36. The molecule has 1 atom stereocenters. The van der Waals surface area contributed by atoms with Crippen LogP contribution in [0, 0.1) is 0 Å². The van der Waals surface area contributed by atoms with E-state index in [1.165, 1.54) is 0 Å². The van der Waals surface area contributed by atoms with Gasteiger partial charge in [0.25, 0.3) is 5.91 Å². The van der Waals surface area contributed by atoms with E-state index >= 15 is 0 Å². The lowest BCUT2D eigenvalue weighted by molar-refractivity contribution is -0.158. The van der Waals surface area contributed by atoms with Crippen molar-refractivity contribution in [2.45, 2.75) is 38.4 Å². The molecule has 0 aromatic heterocycles. The smallest absolute Gasteiger partial charge is 0.251 e. The molecule has 4 rings (SSSR count). The second-order valence-electron chi connectivity index (χ2n) is 7.76. The normalized spacial score (nSPS) is 18.9. The van der Waals surface area contributed by atoms with Crippen molar-refractivity contribution in [3.63, 3.8) is 0 Å². The molecular weight excluding hydrogens is 446 g/mol. The summed E-state index contributed by atoms with van der Waals surface area (Å²) in [4.78, 5) is 41.0. The fourth-order valence-electron chi connectivity index (χ4n) is 4.06. The van der Waals surface area contributed by atoms with Crippen LogP contribution >= 0.6 is 15.9 Å². The zero-order chi connectivity index (χ0) is 21.1. The van der Waals surface area contributed by atoms with Gasteiger partial charge in [0.2, 0.25) is 11.8 Å². The van der Waals surface area contributed by atoms with Gasteiger partial charge in [-0.2, -0.15) is 0 Å². The average molecular weight is 470 g/mol. The van der Waals surface area contributed by atoms with Crippen molar-refractivity contribution in [3.05, 3.63) is 69.7 Å². The Morgan fingerprint density at radius 1 is 1.07 bits per heavy atom. The van der Waals surface area contributed by atoms with Crippen LogP contribution < -0.4 is 5.32 Å². The van der Waals surface area contributed by atoms with Gasteiger partial charge in [-0.3, -0.25) is 14.4 Å². The number of piperidine rings is 1. The number of nitrogens with zero attached hydrogens (tertiary/aromatic N) is 2. The number of nitrogens with one attached hydrogen (secondary N) is 1. The van der Waals surface area contributed by atoms with Crippen molar-refractivity contribution >= 4 is 33.7 Å². The molecule has 0 saturated carbocycles. The summed E-state index contributed by atoms with van der Waals surface area (Å²) in [6, 6.07) is 14.7. The van der Waals surface area contributed by atoms with Gasteiger partial charge >= 0.3 is 0 Å². The summed E-state index contributed by atoms with van der Waals surface area (Å²) in [6.07, 6.45) is 2.70. The lowest BCUT2D eigenvalue weighted by atomic mass is 9.98. The van der Waals surface area contributed by atoms with E-state index in [1.54, 1.807) is 21.9 Å². The third kappa shape index (κ3) is 4.41. The molecule has 2 heterocycles. The third-order valence-corrected chi connectivity index (χ3v) is 6.51. The minimum absolute atomic E-state index is 0.0300. The van der Waals surface area contributed by atoms with Crippen LogP contribution in [0.15, 0.2) is 53.0 Å². The first-order valence-corrected chi connectivity index (χ1v) is 11.0. The van der Waals surface area contributed by atoms with Gasteiger partial charge in [-0.1, -0.05) is 46.3 Å². The van der Waals surface area contributed by atoms with Crippen molar-refractivity contribution in [3.8, 4) is 0 Å². The number of carbonyl (C=O) groups is 3. The topological polar surface area (TPSA) is 69.7 Å². The number of halogens is 1. The zero-order valence-electron chi connectivity index (χ0n) is 16.6. The molecule has 2 aliphatic heterocycles. The Labute approximate surface area is 184 Å². The average Bonchev–Trinajstić information content (AvgIpc) is 2.77. The van der Waals surface area contributed by atoms with Gasteiger partial charge in [0, 0.05) is 29.7 Å². The molecule has 6 nitrogen and oxygen atoms in total. The molecule has 2 aliphatic rings. The van der Waals surface area contributed by atoms with Gasteiger partial charge in [-0.15, -0.1) is 0 Å². The first-order chi connectivity index (χ1) is 14.5. The Bertz CT molecular complexity index is 960. The van der Waals surface area contributed by atoms with E-state index in [-0.39, 0.29) is 30.3 Å². The van der Waals surface area contributed by atoms with Crippen LogP contribution in [-0.2, 0) is 22.7 Å². The maximum Gasteiger partial charge on any atom is 0.251 e. The maximum atomic E-state index is 12.8. The third-order valence-electron chi connectivity index (χ3n) is 5.73. The highest BCUT2D eigenvalue weighted by molar-refractivity contribution is 9.10. The molecule has 2 aromatic carbocycles. The second kappa shape index (κ2) is 9.00. The molecule has 7 heteroatoms. The molecule has 2 aromatic rings. The van der Waals surface area contributed by atoms with E-state index in [9.17, 15) is 14.4 Å². The molecule has 0 unspecified atom stereocenters. The SMILES string of the molecule is O=C(NCc1ccccc1Br)c1ccc(CN2CC(=O)N3CCCC[C@H]3C2=O)cc1. The molecular formula is C23H24BrN3O3. The van der Waals surface area contributed by atoms with E-state index in [4.69, 9.17) is 0 Å². The Kier molecular flexibility index (Phi) is 6.18. The molecule has 156 valence electrons. The highest BCUT2D eigenvalue weighted by Crippen LogP contribution is 2.24. The summed E-state index contributed by atoms with van der Waals surface area (Å²) in [5, 5.41) is 2.92. The molecule has 0 radical (unpaired) electrons. The number of hydrogen-bond acceptors (Lipinski definition) is 3. The van der Waals surface area contributed by atoms with E-state index in [2.05, 4.69) is 21.2 Å². The van der Waals surface area contributed by atoms with Crippen LogP contribution in [0.1, 0.15) is 40.7 Å². The van der Waals surface area contributed by atoms with Crippen LogP contribution in [0.3, 0.4) is 0 Å². The van der Waals surface area contributed by atoms with E-state index < -0.39 is 0 Å². The van der Waals surface area contributed by atoms with Crippen molar-refractivity contribution in [2.24, 2.45) is 0 Å². The highest BCUT2D eigenvalue weighted by Gasteiger charge is 2.40. The van der Waals surface area contributed by atoms with E-state index in [0.717, 1.165) is 34.9 Å². The Morgan fingerprint density at radius 2 is 1.83 bits per heavy atom. The number of carbonyl (C=O) groups excluding carboxylic acids is 3. The highest BCUT2D eigenvalue weighted by atomic mass is 79.9. The monoisotopic (exact) mass is 469 g/mol. The fourth-order valence-corrected chi connectivity index (χ4v) is 4.49. The fraction of sp³-hybridized carbons (Fsp3) is 0.348. The summed E-state index contributed by atoms with van der Waals surface area (Å²) in [5.74, 6) is -0.0914. The van der Waals surface area contributed by atoms with Crippen molar-refractivity contribution in [1.82, 2.24) is 15.1 Å². The van der Waals surface area contributed by atoms with Crippen molar-refractivity contribution in [1.29, 1.82) is 0 Å². The van der Waals surface area contributed by atoms with Gasteiger partial charge in [0.15, 0.2) is 0 Å². The molecule has 1 N–H and O–H groups in total. The van der Waals surface area contributed by atoms with Crippen LogP contribution in [0.4, 0.5) is 0 Å². The Morgan fingerprint density at radius 3 is 2.60 bits per heavy atom. The van der Waals surface area contributed by atoms with Crippen molar-refractivity contribution in [2.75, 3.05) is 13.1 Å². The largest absolute Gasteiger partial charge is 0.348 e. The number of amides is 3. The van der Waals surface area contributed by atoms with Gasteiger partial charge in [0.1, 0.15) is 12.6 Å². The molecule has 30 heavy (non-hydrogen) atoms. The van der Waals surface area contributed by atoms with Gasteiger partial charge < -0.3 is 15.1 Å². The second-order valence-corrected chi connectivity index (χ2v) is 8.62. The summed E-state index contributed by atoms with van der Waals surface area (Å²) in [5.41, 5.74) is 2.47. The molecule has 3 amide bonds. The predicted molar refractivity (Wildman–Crippen MR) is 117 cm³/mol. The van der Waals surface area contributed by atoms with Gasteiger partial charge in [-0.05, 0) is 48.6 Å². The molecule has 0 aliphatic carbocycles.